The number of likely N-dealkylation sites (tertiary alicyclic amines) is 1. The van der Waals surface area contributed by atoms with Gasteiger partial charge in [-0.3, -0.25) is 4.79 Å². The summed E-state index contributed by atoms with van der Waals surface area (Å²) in [6.45, 7) is 8.19. The van der Waals surface area contributed by atoms with E-state index in [1.165, 1.54) is 11.8 Å². The minimum Gasteiger partial charge on any atom is -0.342 e. The minimum absolute atomic E-state index is 0.130. The number of thioether (sulfide) groups is 1. The summed E-state index contributed by atoms with van der Waals surface area (Å²) >= 11 is 1.38. The molecular weight excluding hydrogens is 408 g/mol. The summed E-state index contributed by atoms with van der Waals surface area (Å²) in [7, 11) is -3.54. The highest BCUT2D eigenvalue weighted by Crippen LogP contribution is 2.27. The third kappa shape index (κ3) is 5.52. The molecule has 0 spiro atoms. The van der Waals surface area contributed by atoms with Crippen molar-refractivity contribution in [2.75, 3.05) is 19.6 Å². The Labute approximate surface area is 177 Å². The predicted octanol–water partition coefficient (Wildman–Crippen LogP) is 3.38. The van der Waals surface area contributed by atoms with E-state index in [9.17, 15) is 13.2 Å². The van der Waals surface area contributed by atoms with Crippen LogP contribution in [0.25, 0.3) is 11.0 Å². The van der Waals surface area contributed by atoms with Gasteiger partial charge in [0.25, 0.3) is 0 Å². The second-order valence-electron chi connectivity index (χ2n) is 7.74. The van der Waals surface area contributed by atoms with E-state index in [2.05, 4.69) is 21.6 Å². The van der Waals surface area contributed by atoms with Crippen molar-refractivity contribution in [3.63, 3.8) is 0 Å². The fourth-order valence-corrected chi connectivity index (χ4v) is 5.36. The highest BCUT2D eigenvalue weighted by atomic mass is 32.2. The molecule has 0 unspecified atom stereocenters. The summed E-state index contributed by atoms with van der Waals surface area (Å²) < 4.78 is 27.5. The van der Waals surface area contributed by atoms with E-state index in [1.54, 1.807) is 18.2 Å². The smallest absolute Gasteiger partial charge is 0.240 e. The molecule has 1 atom stereocenters. The first kappa shape index (κ1) is 22.1. The van der Waals surface area contributed by atoms with Gasteiger partial charge in [-0.25, -0.2) is 18.1 Å². The lowest BCUT2D eigenvalue weighted by Crippen LogP contribution is -2.41. The van der Waals surface area contributed by atoms with Crippen LogP contribution >= 0.6 is 11.8 Å². The minimum atomic E-state index is -3.54. The number of aromatic amines is 1. The first-order valence-electron chi connectivity index (χ1n) is 10.2. The quantitative estimate of drug-likeness (QED) is 0.487. The summed E-state index contributed by atoms with van der Waals surface area (Å²) in [6, 6.07) is 4.86. The van der Waals surface area contributed by atoms with Gasteiger partial charge in [0.05, 0.1) is 21.2 Å². The molecule has 7 nitrogen and oxygen atoms in total. The molecule has 0 radical (unpaired) electrons. The zero-order valence-electron chi connectivity index (χ0n) is 17.3. The van der Waals surface area contributed by atoms with Crippen LogP contribution in [0.4, 0.5) is 0 Å². The van der Waals surface area contributed by atoms with Gasteiger partial charge < -0.3 is 9.88 Å². The van der Waals surface area contributed by atoms with E-state index in [1.807, 2.05) is 18.7 Å². The molecule has 160 valence electrons. The number of imidazole rings is 1. The van der Waals surface area contributed by atoms with Crippen LogP contribution in [0.2, 0.25) is 0 Å². The van der Waals surface area contributed by atoms with Gasteiger partial charge in [0.2, 0.25) is 15.9 Å². The van der Waals surface area contributed by atoms with Gasteiger partial charge in [0.15, 0.2) is 5.16 Å². The lowest BCUT2D eigenvalue weighted by molar-refractivity contribution is -0.131. The zero-order chi connectivity index (χ0) is 21.0. The van der Waals surface area contributed by atoms with Crippen molar-refractivity contribution in [3.8, 4) is 0 Å². The van der Waals surface area contributed by atoms with Crippen LogP contribution in [0.5, 0.6) is 0 Å². The number of fused-ring (bicyclic) bond motifs is 1. The lowest BCUT2D eigenvalue weighted by Gasteiger charge is -2.31. The number of nitrogens with one attached hydrogen (secondary N) is 2. The Balaban J connectivity index is 1.69. The molecule has 3 rings (SSSR count). The van der Waals surface area contributed by atoms with Gasteiger partial charge in [0.1, 0.15) is 0 Å². The molecular formula is C20H30N4O3S2. The normalized spacial score (nSPS) is 17.0. The predicted molar refractivity (Wildman–Crippen MR) is 116 cm³/mol. The standard InChI is InChI=1S/C20H30N4O3S2/c1-4-5-10-21-29(26,27)16-6-7-17-18(13-16)23-20(22-17)28-15(3)19(25)24-11-8-14(2)9-12-24/h6-7,13-15,21H,4-5,8-12H2,1-3H3,(H,22,23)/t15-/m1/s1. The maximum absolute atomic E-state index is 12.7. The van der Waals surface area contributed by atoms with Gasteiger partial charge in [-0.2, -0.15) is 0 Å². The highest BCUT2D eigenvalue weighted by Gasteiger charge is 2.26. The van der Waals surface area contributed by atoms with Gasteiger partial charge in [-0.05, 0) is 50.3 Å². The molecule has 2 N–H and O–H groups in total. The molecule has 1 aromatic carbocycles. The third-order valence-electron chi connectivity index (χ3n) is 5.30. The molecule has 0 saturated carbocycles. The number of hydrogen-bond acceptors (Lipinski definition) is 5. The van der Waals surface area contributed by atoms with Crippen LogP contribution in [0, 0.1) is 5.92 Å². The number of amides is 1. The number of hydrogen-bond donors (Lipinski definition) is 2. The van der Waals surface area contributed by atoms with Crippen molar-refractivity contribution in [2.45, 2.75) is 61.8 Å². The maximum Gasteiger partial charge on any atom is 0.240 e. The number of nitrogens with zero attached hydrogens (tertiary/aromatic N) is 2. The fourth-order valence-electron chi connectivity index (χ4n) is 3.36. The Hall–Kier alpha value is -1.58. The molecule has 1 aliphatic heterocycles. The Bertz CT molecular complexity index is 950. The lowest BCUT2D eigenvalue weighted by atomic mass is 9.99. The molecule has 0 bridgehead atoms. The monoisotopic (exact) mass is 438 g/mol. The number of aromatic nitrogens is 2. The van der Waals surface area contributed by atoms with Crippen molar-refractivity contribution < 1.29 is 13.2 Å². The van der Waals surface area contributed by atoms with E-state index >= 15 is 0 Å². The molecule has 1 aliphatic rings. The Morgan fingerprint density at radius 1 is 1.38 bits per heavy atom. The van der Waals surface area contributed by atoms with Gasteiger partial charge >= 0.3 is 0 Å². The average molecular weight is 439 g/mol. The van der Waals surface area contributed by atoms with Crippen LogP contribution in [0.15, 0.2) is 28.3 Å². The molecule has 1 amide bonds. The number of carbonyl (C=O) groups is 1. The highest BCUT2D eigenvalue weighted by molar-refractivity contribution is 8.00. The number of H-pyrrole nitrogens is 1. The van der Waals surface area contributed by atoms with Crippen LogP contribution < -0.4 is 4.72 Å². The van der Waals surface area contributed by atoms with E-state index < -0.39 is 10.0 Å². The summed E-state index contributed by atoms with van der Waals surface area (Å²) in [5.41, 5.74) is 1.34. The molecule has 2 aromatic rings. The van der Waals surface area contributed by atoms with Crippen molar-refractivity contribution in [2.24, 2.45) is 5.92 Å². The Kier molecular flexibility index (Phi) is 7.23. The first-order valence-corrected chi connectivity index (χ1v) is 12.6. The molecule has 1 fully saturated rings. The number of unbranched alkanes of at least 4 members (excludes halogenated alkanes) is 1. The largest absolute Gasteiger partial charge is 0.342 e. The van der Waals surface area contributed by atoms with E-state index in [0.29, 0.717) is 28.7 Å². The van der Waals surface area contributed by atoms with Crippen molar-refractivity contribution in [1.29, 1.82) is 0 Å². The third-order valence-corrected chi connectivity index (χ3v) is 7.73. The Morgan fingerprint density at radius 3 is 2.79 bits per heavy atom. The second-order valence-corrected chi connectivity index (χ2v) is 10.8. The summed E-state index contributed by atoms with van der Waals surface area (Å²) in [5.74, 6) is 0.810. The maximum atomic E-state index is 12.7. The Morgan fingerprint density at radius 2 is 2.10 bits per heavy atom. The van der Waals surface area contributed by atoms with E-state index in [-0.39, 0.29) is 16.1 Å². The van der Waals surface area contributed by atoms with E-state index in [4.69, 9.17) is 0 Å². The number of piperidine rings is 1. The van der Waals surface area contributed by atoms with Crippen molar-refractivity contribution in [1.82, 2.24) is 19.6 Å². The van der Waals surface area contributed by atoms with Crippen LogP contribution in [0.1, 0.15) is 46.5 Å². The first-order chi connectivity index (χ1) is 13.8. The average Bonchev–Trinajstić information content (AvgIpc) is 3.09. The molecule has 9 heteroatoms. The fraction of sp³-hybridized carbons (Fsp3) is 0.600. The molecule has 0 aliphatic carbocycles. The summed E-state index contributed by atoms with van der Waals surface area (Å²) in [5, 5.41) is 0.377. The zero-order valence-corrected chi connectivity index (χ0v) is 18.9. The molecule has 2 heterocycles. The molecule has 1 saturated heterocycles. The summed E-state index contributed by atoms with van der Waals surface area (Å²) in [4.78, 5) is 22.5. The SMILES string of the molecule is CCCCNS(=O)(=O)c1ccc2nc(S[C@H](C)C(=O)N3CCC(C)CC3)[nH]c2c1. The van der Waals surface area contributed by atoms with Crippen LogP contribution in [-0.4, -0.2) is 54.1 Å². The second kappa shape index (κ2) is 9.49. The van der Waals surface area contributed by atoms with Gasteiger partial charge in [-0.15, -0.1) is 0 Å². The number of benzene rings is 1. The van der Waals surface area contributed by atoms with Crippen molar-refractivity contribution in [3.05, 3.63) is 18.2 Å². The van der Waals surface area contributed by atoms with Gasteiger partial charge in [0, 0.05) is 19.6 Å². The van der Waals surface area contributed by atoms with Crippen LogP contribution in [0.3, 0.4) is 0 Å². The topological polar surface area (TPSA) is 95.2 Å². The molecule has 29 heavy (non-hydrogen) atoms. The summed E-state index contributed by atoms with van der Waals surface area (Å²) in [6.07, 6.45) is 3.83. The molecule has 1 aromatic heterocycles. The number of rotatable bonds is 8. The number of sulfonamides is 1. The van der Waals surface area contributed by atoms with Gasteiger partial charge in [-0.1, -0.05) is 32.0 Å². The number of carbonyl (C=O) groups excluding carboxylic acids is 1. The van der Waals surface area contributed by atoms with Crippen molar-refractivity contribution >= 4 is 38.7 Å². The van der Waals surface area contributed by atoms with E-state index in [0.717, 1.165) is 38.8 Å². The van der Waals surface area contributed by atoms with Crippen LogP contribution in [-0.2, 0) is 14.8 Å².